The van der Waals surface area contributed by atoms with E-state index < -0.39 is 0 Å². The molecular weight excluding hydrogens is 294 g/mol. The number of hydrogen-bond acceptors (Lipinski definition) is 4. The molecule has 128 valence electrons. The zero-order valence-corrected chi connectivity index (χ0v) is 15.4. The van der Waals surface area contributed by atoms with Gasteiger partial charge in [-0.2, -0.15) is 11.8 Å². The van der Waals surface area contributed by atoms with Crippen molar-refractivity contribution in [2.75, 3.05) is 20.2 Å². The molecule has 2 rings (SSSR count). The minimum Gasteiger partial charge on any atom is -0.465 e. The van der Waals surface area contributed by atoms with Crippen LogP contribution in [0.2, 0.25) is 0 Å². The van der Waals surface area contributed by atoms with E-state index in [-0.39, 0.29) is 5.97 Å². The number of nitrogens with zero attached hydrogens (tertiary/aromatic N) is 1. The Hall–Kier alpha value is -0.220. The molecule has 0 amide bonds. The monoisotopic (exact) mass is 327 g/mol. The highest BCUT2D eigenvalue weighted by Gasteiger charge is 2.32. The van der Waals surface area contributed by atoms with Gasteiger partial charge >= 0.3 is 5.97 Å². The predicted molar refractivity (Wildman–Crippen MR) is 94.3 cm³/mol. The van der Waals surface area contributed by atoms with Crippen LogP contribution in [0.15, 0.2) is 0 Å². The van der Waals surface area contributed by atoms with Crippen molar-refractivity contribution >= 4 is 17.7 Å². The van der Waals surface area contributed by atoms with Gasteiger partial charge in [-0.05, 0) is 45.1 Å². The number of likely N-dealkylation sites (N-methyl/N-ethyl adjacent to an activating group) is 1. The lowest BCUT2D eigenvalue weighted by atomic mass is 9.86. The van der Waals surface area contributed by atoms with E-state index in [1.54, 1.807) is 0 Å². The zero-order valence-electron chi connectivity index (χ0n) is 14.6. The van der Waals surface area contributed by atoms with Gasteiger partial charge in [0, 0.05) is 30.0 Å². The quantitative estimate of drug-likeness (QED) is 0.687. The largest absolute Gasteiger partial charge is 0.465 e. The van der Waals surface area contributed by atoms with Gasteiger partial charge in [-0.3, -0.25) is 9.69 Å². The summed E-state index contributed by atoms with van der Waals surface area (Å²) >= 11 is 2.29. The molecule has 0 aromatic heterocycles. The molecule has 2 aliphatic rings. The molecule has 0 aromatic carbocycles. The Morgan fingerprint density at radius 2 is 1.91 bits per heavy atom. The van der Waals surface area contributed by atoms with Gasteiger partial charge in [0.2, 0.25) is 0 Å². The van der Waals surface area contributed by atoms with E-state index in [0.717, 1.165) is 23.0 Å². The first kappa shape index (κ1) is 18.1. The summed E-state index contributed by atoms with van der Waals surface area (Å²) in [6.45, 7) is 5.31. The molecule has 22 heavy (non-hydrogen) atoms. The SMILES string of the molecule is CC(=O)OCCN(C)C1CCC(C)C(SC2CCCCC2)C1. The van der Waals surface area contributed by atoms with Crippen molar-refractivity contribution in [3.8, 4) is 0 Å². The first-order valence-corrected chi connectivity index (χ1v) is 9.99. The van der Waals surface area contributed by atoms with Crippen LogP contribution in [0.25, 0.3) is 0 Å². The summed E-state index contributed by atoms with van der Waals surface area (Å²) in [5.41, 5.74) is 0. The fourth-order valence-electron chi connectivity index (χ4n) is 3.81. The summed E-state index contributed by atoms with van der Waals surface area (Å²) in [5, 5.41) is 1.73. The van der Waals surface area contributed by atoms with E-state index in [4.69, 9.17) is 4.74 Å². The number of esters is 1. The van der Waals surface area contributed by atoms with Crippen molar-refractivity contribution < 1.29 is 9.53 Å². The predicted octanol–water partition coefficient (Wildman–Crippen LogP) is 4.10. The Labute approximate surface area is 140 Å². The van der Waals surface area contributed by atoms with Crippen LogP contribution in [0, 0.1) is 5.92 Å². The van der Waals surface area contributed by atoms with E-state index in [2.05, 4.69) is 30.6 Å². The minimum absolute atomic E-state index is 0.170. The Kier molecular flexibility index (Phi) is 7.55. The molecule has 0 spiro atoms. The van der Waals surface area contributed by atoms with Crippen LogP contribution in [0.1, 0.15) is 65.2 Å². The average Bonchev–Trinajstić information content (AvgIpc) is 2.50. The molecule has 0 N–H and O–H groups in total. The lowest BCUT2D eigenvalue weighted by molar-refractivity contribution is -0.141. The van der Waals surface area contributed by atoms with Gasteiger partial charge < -0.3 is 4.74 Å². The number of carbonyl (C=O) groups is 1. The van der Waals surface area contributed by atoms with Crippen LogP contribution in [0.3, 0.4) is 0 Å². The third-order valence-corrected chi connectivity index (χ3v) is 7.25. The molecule has 3 atom stereocenters. The molecule has 0 radical (unpaired) electrons. The van der Waals surface area contributed by atoms with Crippen molar-refractivity contribution in [1.29, 1.82) is 0 Å². The smallest absolute Gasteiger partial charge is 0.302 e. The third-order valence-electron chi connectivity index (χ3n) is 5.39. The number of ether oxygens (including phenoxy) is 1. The highest BCUT2D eigenvalue weighted by Crippen LogP contribution is 2.40. The van der Waals surface area contributed by atoms with Gasteiger partial charge in [0.05, 0.1) is 0 Å². The molecule has 3 nitrogen and oxygen atoms in total. The van der Waals surface area contributed by atoms with E-state index in [9.17, 15) is 4.79 Å². The van der Waals surface area contributed by atoms with E-state index in [0.29, 0.717) is 12.6 Å². The standard InChI is InChI=1S/C18H33NO2S/c1-14-9-10-16(19(3)11-12-21-15(2)20)13-18(14)22-17-7-5-4-6-8-17/h14,16-18H,4-13H2,1-3H3. The van der Waals surface area contributed by atoms with E-state index >= 15 is 0 Å². The Balaban J connectivity index is 1.77. The van der Waals surface area contributed by atoms with Gasteiger partial charge in [-0.15, -0.1) is 0 Å². The summed E-state index contributed by atoms with van der Waals surface area (Å²) in [5.74, 6) is 0.682. The molecule has 0 heterocycles. The molecule has 3 unspecified atom stereocenters. The van der Waals surface area contributed by atoms with Gasteiger partial charge in [0.15, 0.2) is 0 Å². The first-order valence-electron chi connectivity index (χ1n) is 9.05. The number of rotatable bonds is 6. The summed E-state index contributed by atoms with van der Waals surface area (Å²) in [6, 6.07) is 0.660. The lowest BCUT2D eigenvalue weighted by Crippen LogP contribution is -2.41. The van der Waals surface area contributed by atoms with E-state index in [1.165, 1.54) is 58.3 Å². The highest BCUT2D eigenvalue weighted by molar-refractivity contribution is 8.00. The topological polar surface area (TPSA) is 29.5 Å². The maximum absolute atomic E-state index is 10.9. The van der Waals surface area contributed by atoms with Crippen LogP contribution in [0.4, 0.5) is 0 Å². The van der Waals surface area contributed by atoms with Crippen LogP contribution >= 0.6 is 11.8 Å². The van der Waals surface area contributed by atoms with E-state index in [1.807, 2.05) is 0 Å². The summed E-state index contributed by atoms with van der Waals surface area (Å²) in [7, 11) is 2.19. The van der Waals surface area contributed by atoms with Crippen molar-refractivity contribution in [1.82, 2.24) is 4.90 Å². The normalized spacial score (nSPS) is 30.5. The minimum atomic E-state index is -0.170. The second kappa shape index (κ2) is 9.17. The van der Waals surface area contributed by atoms with Crippen LogP contribution in [0.5, 0.6) is 0 Å². The molecule has 2 aliphatic carbocycles. The van der Waals surface area contributed by atoms with Crippen molar-refractivity contribution in [3.63, 3.8) is 0 Å². The van der Waals surface area contributed by atoms with Crippen molar-refractivity contribution in [2.24, 2.45) is 5.92 Å². The number of carbonyl (C=O) groups excluding carboxylic acids is 1. The maximum atomic E-state index is 10.9. The molecular formula is C18H33NO2S. The Bertz CT molecular complexity index is 344. The maximum Gasteiger partial charge on any atom is 0.302 e. The average molecular weight is 328 g/mol. The molecule has 0 bridgehead atoms. The second-order valence-electron chi connectivity index (χ2n) is 7.20. The fourth-order valence-corrected chi connectivity index (χ4v) is 5.65. The fraction of sp³-hybridized carbons (Fsp3) is 0.944. The van der Waals surface area contributed by atoms with Gasteiger partial charge in [-0.1, -0.05) is 26.2 Å². The summed E-state index contributed by atoms with van der Waals surface area (Å²) in [6.07, 6.45) is 11.1. The second-order valence-corrected chi connectivity index (χ2v) is 8.74. The van der Waals surface area contributed by atoms with Gasteiger partial charge in [-0.25, -0.2) is 0 Å². The van der Waals surface area contributed by atoms with Gasteiger partial charge in [0.25, 0.3) is 0 Å². The van der Waals surface area contributed by atoms with Crippen molar-refractivity contribution in [2.45, 2.75) is 81.8 Å². The zero-order chi connectivity index (χ0) is 15.9. The first-order chi connectivity index (χ1) is 10.6. The van der Waals surface area contributed by atoms with Crippen LogP contribution < -0.4 is 0 Å². The third kappa shape index (κ3) is 5.77. The lowest BCUT2D eigenvalue weighted by Gasteiger charge is -2.40. The van der Waals surface area contributed by atoms with Crippen LogP contribution in [-0.4, -0.2) is 47.6 Å². The van der Waals surface area contributed by atoms with Gasteiger partial charge in [0.1, 0.15) is 6.61 Å². The van der Waals surface area contributed by atoms with Crippen LogP contribution in [-0.2, 0) is 9.53 Å². The van der Waals surface area contributed by atoms with Crippen molar-refractivity contribution in [3.05, 3.63) is 0 Å². The summed E-state index contributed by atoms with van der Waals surface area (Å²) < 4.78 is 5.09. The molecule has 2 fully saturated rings. The summed E-state index contributed by atoms with van der Waals surface area (Å²) in [4.78, 5) is 13.3. The number of hydrogen-bond donors (Lipinski definition) is 0. The number of thioether (sulfide) groups is 1. The molecule has 2 saturated carbocycles. The molecule has 0 aliphatic heterocycles. The Morgan fingerprint density at radius 1 is 1.18 bits per heavy atom. The molecule has 0 saturated heterocycles. The highest BCUT2D eigenvalue weighted by atomic mass is 32.2. The Morgan fingerprint density at radius 3 is 2.59 bits per heavy atom. The molecule has 4 heteroatoms. The molecule has 0 aromatic rings.